The molecule has 0 aromatic heterocycles. The van der Waals surface area contributed by atoms with Crippen LogP contribution >= 0.6 is 0 Å². The van der Waals surface area contributed by atoms with E-state index in [1.54, 1.807) is 0 Å². The maximum Gasteiger partial charge on any atom is 0 e. The number of rotatable bonds is 0. The van der Waals surface area contributed by atoms with Gasteiger partial charge in [0.05, 0.1) is 0 Å². The molecule has 2 heteroatoms. The Hall–Kier alpha value is 1.69. The molecule has 1 fully saturated rings. The fourth-order valence-electron chi connectivity index (χ4n) is 2.37. The van der Waals surface area contributed by atoms with Gasteiger partial charge in [-0.05, 0) is 0 Å². The average Bonchev–Trinajstić information content (AvgIpc) is 2.05. The van der Waals surface area contributed by atoms with Crippen LogP contribution < -0.4 is 0 Å². The number of hydrogen-bond donors (Lipinski definition) is 0. The van der Waals surface area contributed by atoms with Crippen molar-refractivity contribution in [1.82, 2.24) is 0 Å². The number of hydrogen-bond acceptors (Lipinski definition) is 0. The van der Waals surface area contributed by atoms with Crippen LogP contribution in [-0.2, 0) is 65.4 Å². The van der Waals surface area contributed by atoms with Crippen molar-refractivity contribution >= 4 is 0 Å². The van der Waals surface area contributed by atoms with Crippen LogP contribution in [0.15, 0.2) is 12.2 Å². The maximum atomic E-state index is 2.51. The van der Waals surface area contributed by atoms with Gasteiger partial charge in [-0.3, -0.25) is 11.8 Å². The van der Waals surface area contributed by atoms with Gasteiger partial charge in [0.1, 0.15) is 0 Å². The first-order chi connectivity index (χ1) is 6.42. The van der Waals surface area contributed by atoms with Crippen molar-refractivity contribution in [2.45, 2.75) is 27.7 Å². The van der Waals surface area contributed by atoms with Gasteiger partial charge in [-0.15, -0.1) is 0 Å². The van der Waals surface area contributed by atoms with E-state index in [9.17, 15) is 0 Å². The SMILES string of the molecule is CC1(C)[CH-]C2[CH-]C=C[CH-]C2[CH-]C1(C)C.[Y].[Y]. The Morgan fingerprint density at radius 2 is 1.06 bits per heavy atom. The number of fused-ring (bicyclic) bond motifs is 1. The summed E-state index contributed by atoms with van der Waals surface area (Å²) < 4.78 is 0. The molecule has 0 aliphatic heterocycles. The molecular weight excluding hydrogens is 346 g/mol. The van der Waals surface area contributed by atoms with Gasteiger partial charge in [0.15, 0.2) is 0 Å². The zero-order valence-corrected chi connectivity index (χ0v) is 16.5. The topological polar surface area (TPSA) is 0 Å². The van der Waals surface area contributed by atoms with E-state index in [0.717, 1.165) is 0 Å². The molecule has 16 heavy (non-hydrogen) atoms. The molecule has 2 radical (unpaired) electrons. The van der Waals surface area contributed by atoms with Gasteiger partial charge in [-0.2, -0.15) is 10.8 Å². The van der Waals surface area contributed by atoms with Gasteiger partial charge in [-0.25, -0.2) is 0 Å². The minimum Gasteiger partial charge on any atom is -0.381 e. The zero-order valence-electron chi connectivity index (χ0n) is 10.8. The van der Waals surface area contributed by atoms with Crippen LogP contribution in [-0.4, -0.2) is 0 Å². The smallest absolute Gasteiger partial charge is 0 e. The molecular formula is C14H20Y2-4. The summed E-state index contributed by atoms with van der Waals surface area (Å²) in [6.07, 6.45) is 14.0. The molecule has 0 bridgehead atoms. The second kappa shape index (κ2) is 6.22. The molecule has 0 amide bonds. The molecule has 0 aromatic carbocycles. The quantitative estimate of drug-likeness (QED) is 0.574. The molecule has 2 rings (SSSR count). The van der Waals surface area contributed by atoms with Gasteiger partial charge in [0.2, 0.25) is 0 Å². The third-order valence-corrected chi connectivity index (χ3v) is 4.10. The Balaban J connectivity index is 0.00000112. The summed E-state index contributed by atoms with van der Waals surface area (Å²) in [5, 5.41) is 0. The Morgan fingerprint density at radius 3 is 1.38 bits per heavy atom. The zero-order chi connectivity index (χ0) is 10.4. The normalized spacial score (nSPS) is 33.2. The fourth-order valence-corrected chi connectivity index (χ4v) is 2.37. The summed E-state index contributed by atoms with van der Waals surface area (Å²) >= 11 is 0. The minimum atomic E-state index is 0. The van der Waals surface area contributed by atoms with Crippen molar-refractivity contribution < 1.29 is 65.4 Å². The standard InChI is InChI=1S/C14H20.2Y/c1-13(2)9-11-7-5-6-8-12(11)10-14(13,3)4;;/h5-12H,1-4H3;;/q-4;;. The summed E-state index contributed by atoms with van der Waals surface area (Å²) in [5.74, 6) is 1.23. The van der Waals surface area contributed by atoms with E-state index in [0.29, 0.717) is 22.7 Å². The molecule has 2 atom stereocenters. The van der Waals surface area contributed by atoms with Crippen LogP contribution in [0.4, 0.5) is 0 Å². The summed E-state index contributed by atoms with van der Waals surface area (Å²) in [7, 11) is 0. The van der Waals surface area contributed by atoms with Crippen molar-refractivity contribution in [3.05, 3.63) is 37.8 Å². The Bertz CT molecular complexity index is 227. The first-order valence-electron chi connectivity index (χ1n) is 5.49. The maximum absolute atomic E-state index is 2.51. The van der Waals surface area contributed by atoms with Crippen molar-refractivity contribution in [2.24, 2.45) is 22.7 Å². The molecule has 2 aliphatic rings. The van der Waals surface area contributed by atoms with Gasteiger partial charge in [-0.1, -0.05) is 27.7 Å². The molecule has 2 aliphatic carbocycles. The van der Waals surface area contributed by atoms with Crippen LogP contribution in [0.3, 0.4) is 0 Å². The largest absolute Gasteiger partial charge is 0.381 e. The van der Waals surface area contributed by atoms with Crippen LogP contribution in [0.5, 0.6) is 0 Å². The molecule has 86 valence electrons. The Labute approximate surface area is 152 Å². The third kappa shape index (κ3) is 3.37. The molecule has 1 saturated carbocycles. The van der Waals surface area contributed by atoms with Crippen molar-refractivity contribution in [3.63, 3.8) is 0 Å². The summed E-state index contributed by atoms with van der Waals surface area (Å²) in [6.45, 7) is 9.36. The van der Waals surface area contributed by atoms with Crippen LogP contribution in [0, 0.1) is 48.3 Å². The Morgan fingerprint density at radius 1 is 0.750 bits per heavy atom. The average molecular weight is 366 g/mol. The van der Waals surface area contributed by atoms with Crippen molar-refractivity contribution in [3.8, 4) is 0 Å². The van der Waals surface area contributed by atoms with Crippen LogP contribution in [0.2, 0.25) is 0 Å². The van der Waals surface area contributed by atoms with Gasteiger partial charge in [0.25, 0.3) is 0 Å². The first kappa shape index (κ1) is 17.7. The molecule has 2 unspecified atom stereocenters. The minimum absolute atomic E-state index is 0. The molecule has 0 heterocycles. The van der Waals surface area contributed by atoms with E-state index in [1.807, 2.05) is 0 Å². The molecule has 0 saturated heterocycles. The van der Waals surface area contributed by atoms with E-state index in [4.69, 9.17) is 0 Å². The van der Waals surface area contributed by atoms with Crippen LogP contribution in [0.1, 0.15) is 27.7 Å². The molecule has 0 aromatic rings. The van der Waals surface area contributed by atoms with Gasteiger partial charge < -0.3 is 37.8 Å². The van der Waals surface area contributed by atoms with E-state index >= 15 is 0 Å². The fraction of sp³-hybridized carbons (Fsp3) is 0.571. The first-order valence-corrected chi connectivity index (χ1v) is 5.49. The summed E-state index contributed by atoms with van der Waals surface area (Å²) in [5.41, 5.74) is 0.591. The third-order valence-electron chi connectivity index (χ3n) is 4.10. The van der Waals surface area contributed by atoms with Crippen LogP contribution in [0.25, 0.3) is 0 Å². The predicted octanol–water partition coefficient (Wildman–Crippen LogP) is 3.67. The van der Waals surface area contributed by atoms with E-state index in [2.05, 4.69) is 65.5 Å². The molecule has 0 spiro atoms. The van der Waals surface area contributed by atoms with Gasteiger partial charge >= 0.3 is 0 Å². The van der Waals surface area contributed by atoms with Gasteiger partial charge in [0, 0.05) is 65.4 Å². The van der Waals surface area contributed by atoms with E-state index < -0.39 is 0 Å². The monoisotopic (exact) mass is 366 g/mol. The van der Waals surface area contributed by atoms with Crippen molar-refractivity contribution in [2.75, 3.05) is 0 Å². The molecule has 0 N–H and O–H groups in total. The second-order valence-corrected chi connectivity index (χ2v) is 5.70. The molecule has 0 nitrogen and oxygen atoms in total. The summed E-state index contributed by atoms with van der Waals surface area (Å²) in [6, 6.07) is 0. The second-order valence-electron chi connectivity index (χ2n) is 5.70. The van der Waals surface area contributed by atoms with Crippen molar-refractivity contribution in [1.29, 1.82) is 0 Å². The predicted molar refractivity (Wildman–Crippen MR) is 60.9 cm³/mol. The van der Waals surface area contributed by atoms with E-state index in [-0.39, 0.29) is 65.4 Å². The summed E-state index contributed by atoms with van der Waals surface area (Å²) in [4.78, 5) is 0. The van der Waals surface area contributed by atoms with E-state index in [1.165, 1.54) is 0 Å². The number of allylic oxidation sites excluding steroid dienone is 2. The Kier molecular flexibility index (Phi) is 6.88.